The molecule has 0 radical (unpaired) electrons. The Morgan fingerprint density at radius 1 is 1.16 bits per heavy atom. The first kappa shape index (κ1) is 12.9. The van der Waals surface area contributed by atoms with E-state index in [-0.39, 0.29) is 6.04 Å². The van der Waals surface area contributed by atoms with Gasteiger partial charge in [0.05, 0.1) is 10.6 Å². The molecule has 5 heteroatoms. The molecule has 3 rings (SSSR count). The summed E-state index contributed by atoms with van der Waals surface area (Å²) in [5.41, 5.74) is 6.94. The van der Waals surface area contributed by atoms with E-state index in [1.165, 1.54) is 6.26 Å². The van der Waals surface area contributed by atoms with Gasteiger partial charge in [0.15, 0.2) is 9.84 Å². The Balaban J connectivity index is 2.05. The van der Waals surface area contributed by atoms with Gasteiger partial charge in [-0.1, -0.05) is 12.1 Å². The molecule has 1 aromatic carbocycles. The minimum absolute atomic E-state index is 0.263. The minimum Gasteiger partial charge on any atom is -0.364 e. The number of hydrogen-bond acceptors (Lipinski definition) is 4. The Hall–Kier alpha value is -1.07. The van der Waals surface area contributed by atoms with Gasteiger partial charge in [0, 0.05) is 24.4 Å². The molecule has 0 amide bonds. The Morgan fingerprint density at radius 2 is 1.74 bits per heavy atom. The van der Waals surface area contributed by atoms with Crippen molar-refractivity contribution in [3.63, 3.8) is 0 Å². The molecule has 2 aliphatic rings. The lowest BCUT2D eigenvalue weighted by Gasteiger charge is -2.40. The van der Waals surface area contributed by atoms with Gasteiger partial charge in [-0.15, -0.1) is 0 Å². The van der Waals surface area contributed by atoms with Crippen LogP contribution in [0, 0.1) is 0 Å². The largest absolute Gasteiger partial charge is 0.364 e. The van der Waals surface area contributed by atoms with Crippen LogP contribution in [-0.4, -0.2) is 32.8 Å². The van der Waals surface area contributed by atoms with Crippen molar-refractivity contribution >= 4 is 15.5 Å². The number of fused-ring (bicyclic) bond motifs is 2. The Kier molecular flexibility index (Phi) is 3.06. The molecule has 0 aliphatic carbocycles. The van der Waals surface area contributed by atoms with Crippen LogP contribution in [-0.2, 0) is 9.84 Å². The van der Waals surface area contributed by atoms with E-state index in [0.717, 1.165) is 31.4 Å². The van der Waals surface area contributed by atoms with E-state index in [0.29, 0.717) is 17.0 Å². The van der Waals surface area contributed by atoms with Gasteiger partial charge >= 0.3 is 0 Å². The summed E-state index contributed by atoms with van der Waals surface area (Å²) in [5.74, 6) is 0. The third kappa shape index (κ3) is 2.25. The number of benzene rings is 1. The van der Waals surface area contributed by atoms with Gasteiger partial charge in [0.2, 0.25) is 0 Å². The second-order valence-corrected chi connectivity index (χ2v) is 7.75. The van der Waals surface area contributed by atoms with Crippen molar-refractivity contribution < 1.29 is 8.42 Å². The van der Waals surface area contributed by atoms with E-state index in [1.54, 1.807) is 12.1 Å². The highest BCUT2D eigenvalue weighted by Crippen LogP contribution is 2.41. The van der Waals surface area contributed by atoms with Crippen molar-refractivity contribution in [2.75, 3.05) is 11.2 Å². The zero-order valence-corrected chi connectivity index (χ0v) is 11.9. The topological polar surface area (TPSA) is 63.4 Å². The lowest BCUT2D eigenvalue weighted by molar-refractivity contribution is 0.413. The van der Waals surface area contributed by atoms with Crippen LogP contribution < -0.4 is 10.6 Å². The average Bonchev–Trinajstić information content (AvgIpc) is 2.60. The molecular weight excluding hydrogens is 260 g/mol. The summed E-state index contributed by atoms with van der Waals surface area (Å²) in [6.45, 7) is 0. The van der Waals surface area contributed by atoms with Crippen LogP contribution in [0.1, 0.15) is 25.7 Å². The van der Waals surface area contributed by atoms with E-state index < -0.39 is 9.84 Å². The van der Waals surface area contributed by atoms with Crippen LogP contribution in [0.3, 0.4) is 0 Å². The molecule has 4 nitrogen and oxygen atoms in total. The summed E-state index contributed by atoms with van der Waals surface area (Å²) in [4.78, 5) is 2.75. The number of para-hydroxylation sites is 1. The maximum atomic E-state index is 11.9. The third-order valence-electron chi connectivity index (χ3n) is 4.31. The normalized spacial score (nSPS) is 30.6. The molecular formula is C14H20N2O2S. The zero-order valence-electron chi connectivity index (χ0n) is 11.1. The second-order valence-electron chi connectivity index (χ2n) is 5.76. The SMILES string of the molecule is CS(=O)(=O)c1ccccc1N1C2CCC1CC(N)C2. The fraction of sp³-hybridized carbons (Fsp3) is 0.571. The number of anilines is 1. The van der Waals surface area contributed by atoms with Crippen molar-refractivity contribution in [2.24, 2.45) is 5.73 Å². The highest BCUT2D eigenvalue weighted by molar-refractivity contribution is 7.90. The lowest BCUT2D eigenvalue weighted by Crippen LogP contribution is -2.47. The Labute approximate surface area is 114 Å². The molecule has 0 spiro atoms. The molecule has 2 fully saturated rings. The second kappa shape index (κ2) is 4.49. The fourth-order valence-corrected chi connectivity index (χ4v) is 4.48. The molecule has 0 saturated carbocycles. The predicted octanol–water partition coefficient (Wildman–Crippen LogP) is 1.55. The van der Waals surface area contributed by atoms with Crippen LogP contribution in [0.15, 0.2) is 29.2 Å². The van der Waals surface area contributed by atoms with E-state index in [4.69, 9.17) is 5.73 Å². The Morgan fingerprint density at radius 3 is 2.32 bits per heavy atom. The van der Waals surface area contributed by atoms with Gasteiger partial charge < -0.3 is 10.6 Å². The molecule has 1 aromatic rings. The summed E-state index contributed by atoms with van der Waals surface area (Å²) in [6.07, 6.45) is 5.46. The van der Waals surface area contributed by atoms with Gasteiger partial charge in [-0.2, -0.15) is 0 Å². The zero-order chi connectivity index (χ0) is 13.6. The van der Waals surface area contributed by atoms with Crippen molar-refractivity contribution in [3.05, 3.63) is 24.3 Å². The van der Waals surface area contributed by atoms with Gasteiger partial charge in [-0.3, -0.25) is 0 Å². The summed E-state index contributed by atoms with van der Waals surface area (Å²) in [6, 6.07) is 8.40. The first-order valence-electron chi connectivity index (χ1n) is 6.80. The van der Waals surface area contributed by atoms with E-state index in [1.807, 2.05) is 12.1 Å². The first-order chi connectivity index (χ1) is 8.97. The van der Waals surface area contributed by atoms with Gasteiger partial charge in [0.1, 0.15) is 0 Å². The standard InChI is InChI=1S/C14H20N2O2S/c1-19(17,18)14-5-3-2-4-13(14)16-11-6-7-12(16)9-10(15)8-11/h2-5,10-12H,6-9,15H2,1H3. The predicted molar refractivity (Wildman–Crippen MR) is 76.1 cm³/mol. The summed E-state index contributed by atoms with van der Waals surface area (Å²) in [7, 11) is -3.19. The van der Waals surface area contributed by atoms with Crippen LogP contribution in [0.4, 0.5) is 5.69 Å². The third-order valence-corrected chi connectivity index (χ3v) is 5.46. The molecule has 2 saturated heterocycles. The van der Waals surface area contributed by atoms with Crippen LogP contribution in [0.5, 0.6) is 0 Å². The van der Waals surface area contributed by atoms with Crippen molar-refractivity contribution in [2.45, 2.75) is 48.7 Å². The molecule has 2 atom stereocenters. The highest BCUT2D eigenvalue weighted by atomic mass is 32.2. The van der Waals surface area contributed by atoms with Crippen LogP contribution >= 0.6 is 0 Å². The number of nitrogens with two attached hydrogens (primary N) is 1. The average molecular weight is 280 g/mol. The number of sulfone groups is 1. The summed E-state index contributed by atoms with van der Waals surface area (Å²) >= 11 is 0. The first-order valence-corrected chi connectivity index (χ1v) is 8.69. The molecule has 2 N–H and O–H groups in total. The Bertz CT molecular complexity index is 571. The van der Waals surface area contributed by atoms with Crippen molar-refractivity contribution in [3.8, 4) is 0 Å². The number of rotatable bonds is 2. The quantitative estimate of drug-likeness (QED) is 0.892. The number of nitrogens with zero attached hydrogens (tertiary/aromatic N) is 1. The monoisotopic (exact) mass is 280 g/mol. The maximum absolute atomic E-state index is 11.9. The van der Waals surface area contributed by atoms with Gasteiger partial charge in [-0.25, -0.2) is 8.42 Å². The highest BCUT2D eigenvalue weighted by Gasteiger charge is 2.40. The molecule has 2 bridgehead atoms. The molecule has 2 heterocycles. The van der Waals surface area contributed by atoms with E-state index in [2.05, 4.69) is 4.90 Å². The van der Waals surface area contributed by atoms with Gasteiger partial charge in [0.25, 0.3) is 0 Å². The maximum Gasteiger partial charge on any atom is 0.177 e. The molecule has 19 heavy (non-hydrogen) atoms. The van der Waals surface area contributed by atoms with Crippen molar-refractivity contribution in [1.29, 1.82) is 0 Å². The fourth-order valence-electron chi connectivity index (χ4n) is 3.60. The summed E-state index contributed by atoms with van der Waals surface area (Å²) < 4.78 is 23.9. The molecule has 0 aromatic heterocycles. The van der Waals surface area contributed by atoms with E-state index in [9.17, 15) is 8.42 Å². The van der Waals surface area contributed by atoms with Gasteiger partial charge in [-0.05, 0) is 37.8 Å². The van der Waals surface area contributed by atoms with E-state index >= 15 is 0 Å². The molecule has 104 valence electrons. The smallest absolute Gasteiger partial charge is 0.177 e. The van der Waals surface area contributed by atoms with Crippen LogP contribution in [0.25, 0.3) is 0 Å². The molecule has 2 unspecified atom stereocenters. The number of hydrogen-bond donors (Lipinski definition) is 1. The molecule has 2 aliphatic heterocycles. The minimum atomic E-state index is -3.19. The van der Waals surface area contributed by atoms with Crippen LogP contribution in [0.2, 0.25) is 0 Å². The number of piperidine rings is 1. The summed E-state index contributed by atoms with van der Waals surface area (Å²) in [5, 5.41) is 0. The lowest BCUT2D eigenvalue weighted by atomic mass is 9.97. The van der Waals surface area contributed by atoms with Crippen molar-refractivity contribution in [1.82, 2.24) is 0 Å².